The molecule has 1 aliphatic carbocycles. The van der Waals surface area contributed by atoms with Gasteiger partial charge in [-0.2, -0.15) is 5.10 Å². The number of hydrogen-bond donors (Lipinski definition) is 1. The average Bonchev–Trinajstić information content (AvgIpc) is 2.82. The molecule has 0 aliphatic heterocycles. The molecule has 0 saturated heterocycles. The molecule has 2 rings (SSSR count). The van der Waals surface area contributed by atoms with Gasteiger partial charge in [-0.15, -0.1) is 0 Å². The van der Waals surface area contributed by atoms with E-state index in [1.807, 2.05) is 0 Å². The van der Waals surface area contributed by atoms with Crippen LogP contribution in [0.25, 0.3) is 0 Å². The molecule has 114 valence electrons. The molecule has 1 aliphatic rings. The van der Waals surface area contributed by atoms with Gasteiger partial charge in [0.05, 0.1) is 24.4 Å². The maximum absolute atomic E-state index is 6.19. The summed E-state index contributed by atoms with van der Waals surface area (Å²) < 4.78 is 8.10. The molecule has 0 bridgehead atoms. The first-order valence-electron chi connectivity index (χ1n) is 8.15. The molecule has 1 fully saturated rings. The summed E-state index contributed by atoms with van der Waals surface area (Å²) in [6.45, 7) is 5.00. The zero-order valence-corrected chi connectivity index (χ0v) is 12.9. The average molecular weight is 279 g/mol. The Labute approximate surface area is 122 Å². The zero-order chi connectivity index (χ0) is 14.4. The van der Waals surface area contributed by atoms with Gasteiger partial charge < -0.3 is 10.5 Å². The van der Waals surface area contributed by atoms with Crippen LogP contribution in [-0.4, -0.2) is 21.9 Å². The van der Waals surface area contributed by atoms with E-state index in [-0.39, 0.29) is 12.1 Å². The Morgan fingerprint density at radius 2 is 2.05 bits per heavy atom. The summed E-state index contributed by atoms with van der Waals surface area (Å²) in [5.74, 6) is 0. The molecule has 1 aromatic heterocycles. The SMILES string of the molecule is CCC(CC)n1ccc(COC2CCCCCC2N)n1. The molecule has 1 aromatic rings. The smallest absolute Gasteiger partial charge is 0.0911 e. The van der Waals surface area contributed by atoms with Crippen LogP contribution in [-0.2, 0) is 11.3 Å². The highest BCUT2D eigenvalue weighted by molar-refractivity contribution is 4.98. The monoisotopic (exact) mass is 279 g/mol. The predicted octanol–water partition coefficient (Wildman–Crippen LogP) is 3.42. The molecular formula is C16H29N3O. The number of nitrogens with zero attached hydrogens (tertiary/aromatic N) is 2. The van der Waals surface area contributed by atoms with E-state index in [9.17, 15) is 0 Å². The Kier molecular flexibility index (Phi) is 6.05. The van der Waals surface area contributed by atoms with Crippen molar-refractivity contribution in [1.82, 2.24) is 9.78 Å². The third-order valence-electron chi connectivity index (χ3n) is 4.43. The molecule has 0 radical (unpaired) electrons. The molecule has 0 spiro atoms. The van der Waals surface area contributed by atoms with E-state index in [4.69, 9.17) is 10.5 Å². The fourth-order valence-electron chi connectivity index (χ4n) is 3.02. The van der Waals surface area contributed by atoms with Crippen LogP contribution in [0.3, 0.4) is 0 Å². The highest BCUT2D eigenvalue weighted by Gasteiger charge is 2.21. The van der Waals surface area contributed by atoms with Crippen LogP contribution in [0.5, 0.6) is 0 Å². The summed E-state index contributed by atoms with van der Waals surface area (Å²) in [6, 6.07) is 2.77. The van der Waals surface area contributed by atoms with Gasteiger partial charge >= 0.3 is 0 Å². The third kappa shape index (κ3) is 4.06. The minimum atomic E-state index is 0.193. The summed E-state index contributed by atoms with van der Waals surface area (Å²) in [5.41, 5.74) is 7.21. The zero-order valence-electron chi connectivity index (χ0n) is 12.9. The normalized spacial score (nSPS) is 24.0. The van der Waals surface area contributed by atoms with Crippen molar-refractivity contribution in [2.75, 3.05) is 0 Å². The van der Waals surface area contributed by atoms with Gasteiger partial charge in [-0.05, 0) is 31.7 Å². The quantitative estimate of drug-likeness (QED) is 0.812. The number of aromatic nitrogens is 2. The van der Waals surface area contributed by atoms with E-state index in [0.717, 1.165) is 31.4 Å². The molecule has 2 atom stereocenters. The maximum atomic E-state index is 6.19. The number of nitrogens with two attached hydrogens (primary N) is 1. The predicted molar refractivity (Wildman–Crippen MR) is 81.5 cm³/mol. The van der Waals surface area contributed by atoms with Crippen LogP contribution in [0.1, 0.15) is 70.5 Å². The first-order chi connectivity index (χ1) is 9.74. The second kappa shape index (κ2) is 7.79. The molecule has 4 heteroatoms. The standard InChI is InChI=1S/C16H29N3O/c1-3-14(4-2)19-11-10-13(18-19)12-20-16-9-7-5-6-8-15(16)17/h10-11,14-16H,3-9,12,17H2,1-2H3. The third-order valence-corrected chi connectivity index (χ3v) is 4.43. The topological polar surface area (TPSA) is 53.1 Å². The molecule has 2 unspecified atom stereocenters. The van der Waals surface area contributed by atoms with Crippen molar-refractivity contribution in [2.45, 2.75) is 83.6 Å². The summed E-state index contributed by atoms with van der Waals surface area (Å²) in [7, 11) is 0. The molecule has 0 amide bonds. The fraction of sp³-hybridized carbons (Fsp3) is 0.812. The molecule has 20 heavy (non-hydrogen) atoms. The van der Waals surface area contributed by atoms with Crippen LogP contribution in [0, 0.1) is 0 Å². The Bertz CT molecular complexity index is 387. The van der Waals surface area contributed by atoms with Crippen molar-refractivity contribution < 1.29 is 4.74 Å². The largest absolute Gasteiger partial charge is 0.370 e. The van der Waals surface area contributed by atoms with Crippen molar-refractivity contribution >= 4 is 0 Å². The lowest BCUT2D eigenvalue weighted by Crippen LogP contribution is -2.35. The van der Waals surface area contributed by atoms with Crippen molar-refractivity contribution in [3.8, 4) is 0 Å². The van der Waals surface area contributed by atoms with Gasteiger partial charge in [0.15, 0.2) is 0 Å². The first-order valence-corrected chi connectivity index (χ1v) is 8.15. The van der Waals surface area contributed by atoms with Gasteiger partial charge in [0.1, 0.15) is 0 Å². The van der Waals surface area contributed by atoms with E-state index < -0.39 is 0 Å². The minimum absolute atomic E-state index is 0.193. The van der Waals surface area contributed by atoms with Crippen LogP contribution in [0.4, 0.5) is 0 Å². The lowest BCUT2D eigenvalue weighted by molar-refractivity contribution is 0.0175. The van der Waals surface area contributed by atoms with Crippen molar-refractivity contribution in [1.29, 1.82) is 0 Å². The molecule has 4 nitrogen and oxygen atoms in total. The van der Waals surface area contributed by atoms with Gasteiger partial charge in [-0.3, -0.25) is 4.68 Å². The van der Waals surface area contributed by atoms with E-state index in [1.165, 1.54) is 19.3 Å². The second-order valence-corrected chi connectivity index (χ2v) is 5.91. The van der Waals surface area contributed by atoms with Crippen molar-refractivity contribution in [2.24, 2.45) is 5.73 Å². The second-order valence-electron chi connectivity index (χ2n) is 5.91. The van der Waals surface area contributed by atoms with Crippen molar-refractivity contribution in [3.63, 3.8) is 0 Å². The summed E-state index contributed by atoms with van der Waals surface area (Å²) in [6.07, 6.45) is 10.5. The van der Waals surface area contributed by atoms with Gasteiger partial charge in [0.25, 0.3) is 0 Å². The molecule has 2 N–H and O–H groups in total. The van der Waals surface area contributed by atoms with Crippen LogP contribution in [0.2, 0.25) is 0 Å². The van der Waals surface area contributed by atoms with E-state index in [1.54, 1.807) is 0 Å². The number of rotatable bonds is 6. The molecule has 1 saturated carbocycles. The van der Waals surface area contributed by atoms with Gasteiger partial charge in [-0.25, -0.2) is 0 Å². The van der Waals surface area contributed by atoms with E-state index in [2.05, 4.69) is 35.9 Å². The first kappa shape index (κ1) is 15.5. The molecule has 1 heterocycles. The number of hydrogen-bond acceptors (Lipinski definition) is 3. The Balaban J connectivity index is 1.87. The molecular weight excluding hydrogens is 250 g/mol. The highest BCUT2D eigenvalue weighted by atomic mass is 16.5. The fourth-order valence-corrected chi connectivity index (χ4v) is 3.02. The summed E-state index contributed by atoms with van der Waals surface area (Å²) in [4.78, 5) is 0. The van der Waals surface area contributed by atoms with E-state index >= 15 is 0 Å². The maximum Gasteiger partial charge on any atom is 0.0911 e. The highest BCUT2D eigenvalue weighted by Crippen LogP contribution is 2.20. The van der Waals surface area contributed by atoms with Crippen molar-refractivity contribution in [3.05, 3.63) is 18.0 Å². The van der Waals surface area contributed by atoms with Gasteiger partial charge in [0, 0.05) is 12.2 Å². The van der Waals surface area contributed by atoms with Crippen LogP contribution in [0.15, 0.2) is 12.3 Å². The minimum Gasteiger partial charge on any atom is -0.370 e. The Hall–Kier alpha value is -0.870. The van der Waals surface area contributed by atoms with Crippen LogP contribution < -0.4 is 5.73 Å². The van der Waals surface area contributed by atoms with Gasteiger partial charge in [0.2, 0.25) is 0 Å². The van der Waals surface area contributed by atoms with E-state index in [0.29, 0.717) is 12.6 Å². The van der Waals surface area contributed by atoms with Crippen LogP contribution >= 0.6 is 0 Å². The lowest BCUT2D eigenvalue weighted by Gasteiger charge is -2.21. The number of ether oxygens (including phenoxy) is 1. The Morgan fingerprint density at radius 3 is 2.80 bits per heavy atom. The van der Waals surface area contributed by atoms with Gasteiger partial charge in [-0.1, -0.05) is 33.1 Å². The lowest BCUT2D eigenvalue weighted by atomic mass is 10.1. The Morgan fingerprint density at radius 1 is 1.30 bits per heavy atom. The summed E-state index contributed by atoms with van der Waals surface area (Å²) >= 11 is 0. The summed E-state index contributed by atoms with van der Waals surface area (Å²) in [5, 5.41) is 4.64. The molecule has 0 aromatic carbocycles.